The van der Waals surface area contributed by atoms with Gasteiger partial charge in [0.05, 0.1) is 6.61 Å². The van der Waals surface area contributed by atoms with Gasteiger partial charge < -0.3 is 24.4 Å². The van der Waals surface area contributed by atoms with Gasteiger partial charge in [-0.25, -0.2) is 18.4 Å². The SMILES string of the molecule is CCCCC(CCOc1ccc(OCC(=O)O)c(C)c1)c1sc2ccc(F)cc2c1C.CCCCC(CCSc1ccc(OCC(=O)O)c(C)c1)c1sc2cc(F)ccc2c1C. The number of hydrogen-bond donors (Lipinski definition) is 2. The maximum atomic E-state index is 13.7. The van der Waals surface area contributed by atoms with Gasteiger partial charge in [-0.1, -0.05) is 45.6 Å². The number of unbranched alkanes of at least 4 members (excludes halogenated alkanes) is 2. The molecule has 2 atom stereocenters. The first-order valence-corrected chi connectivity index (χ1v) is 23.9. The lowest BCUT2D eigenvalue weighted by atomic mass is 9.94. The molecule has 0 saturated heterocycles. The first-order chi connectivity index (χ1) is 29.8. The second-order valence-electron chi connectivity index (χ2n) is 15.6. The van der Waals surface area contributed by atoms with Crippen molar-refractivity contribution in [3.05, 3.63) is 116 Å². The number of carbonyl (C=O) groups is 2. The van der Waals surface area contributed by atoms with Crippen LogP contribution in [0.1, 0.15) is 109 Å². The van der Waals surface area contributed by atoms with E-state index in [-0.39, 0.29) is 24.8 Å². The summed E-state index contributed by atoms with van der Waals surface area (Å²) in [6.45, 7) is 12.4. The number of carboxylic acids is 2. The van der Waals surface area contributed by atoms with Crippen molar-refractivity contribution in [1.82, 2.24) is 0 Å². The predicted octanol–water partition coefficient (Wildman–Crippen LogP) is 14.4. The molecule has 7 nitrogen and oxygen atoms in total. The Morgan fingerprint density at radius 1 is 0.629 bits per heavy atom. The third-order valence-electron chi connectivity index (χ3n) is 10.9. The Hall–Kier alpha value is -4.65. The van der Waals surface area contributed by atoms with E-state index < -0.39 is 11.9 Å². The second kappa shape index (κ2) is 23.7. The molecule has 0 saturated carbocycles. The lowest BCUT2D eigenvalue weighted by Crippen LogP contribution is -2.10. The summed E-state index contributed by atoms with van der Waals surface area (Å²) in [5.74, 6) is 1.39. The van der Waals surface area contributed by atoms with Crippen molar-refractivity contribution < 1.29 is 42.8 Å². The Balaban J connectivity index is 0.000000234. The van der Waals surface area contributed by atoms with E-state index in [1.807, 2.05) is 55.9 Å². The number of thiophene rings is 2. The molecule has 0 aliphatic heterocycles. The molecule has 2 aromatic heterocycles. The molecule has 0 fully saturated rings. The van der Waals surface area contributed by atoms with Gasteiger partial charge in [-0.2, -0.15) is 0 Å². The fourth-order valence-electron chi connectivity index (χ4n) is 7.59. The fourth-order valence-corrected chi connectivity index (χ4v) is 11.4. The highest BCUT2D eigenvalue weighted by atomic mass is 32.2. The molecule has 0 radical (unpaired) electrons. The Kier molecular flexibility index (Phi) is 18.5. The number of fused-ring (bicyclic) bond motifs is 2. The second-order valence-corrected chi connectivity index (χ2v) is 19.0. The van der Waals surface area contributed by atoms with Gasteiger partial charge in [0, 0.05) is 24.0 Å². The molecule has 4 aromatic carbocycles. The van der Waals surface area contributed by atoms with E-state index in [1.165, 1.54) is 45.2 Å². The number of rotatable bonds is 22. The molecule has 2 heterocycles. The molecule has 2 unspecified atom stereocenters. The van der Waals surface area contributed by atoms with Gasteiger partial charge in [0.25, 0.3) is 0 Å². The number of hydrogen-bond acceptors (Lipinski definition) is 8. The van der Waals surface area contributed by atoms with Crippen molar-refractivity contribution >= 4 is 66.5 Å². The zero-order valence-corrected chi connectivity index (χ0v) is 38.9. The molecule has 0 spiro atoms. The van der Waals surface area contributed by atoms with E-state index >= 15 is 0 Å². The number of ether oxygens (including phenoxy) is 3. The largest absolute Gasteiger partial charge is 0.494 e. The van der Waals surface area contributed by atoms with Crippen LogP contribution < -0.4 is 14.2 Å². The van der Waals surface area contributed by atoms with E-state index in [2.05, 4.69) is 33.8 Å². The third-order valence-corrected chi connectivity index (χ3v) is 14.8. The molecule has 332 valence electrons. The van der Waals surface area contributed by atoms with Crippen LogP contribution in [0.5, 0.6) is 17.2 Å². The molecule has 0 aliphatic rings. The zero-order valence-electron chi connectivity index (χ0n) is 36.5. The summed E-state index contributed by atoms with van der Waals surface area (Å²) in [6.07, 6.45) is 8.80. The Morgan fingerprint density at radius 2 is 1.19 bits per heavy atom. The van der Waals surface area contributed by atoms with Gasteiger partial charge in [0.15, 0.2) is 13.2 Å². The van der Waals surface area contributed by atoms with Crippen LogP contribution in [0.3, 0.4) is 0 Å². The maximum absolute atomic E-state index is 13.7. The fraction of sp³-hybridized carbons (Fsp3) is 0.400. The first kappa shape index (κ1) is 48.4. The van der Waals surface area contributed by atoms with E-state index in [9.17, 15) is 18.4 Å². The van der Waals surface area contributed by atoms with Gasteiger partial charge in [0.2, 0.25) is 0 Å². The highest BCUT2D eigenvalue weighted by Crippen LogP contribution is 2.42. The molecule has 0 amide bonds. The zero-order chi connectivity index (χ0) is 44.8. The maximum Gasteiger partial charge on any atom is 0.341 e. The molecule has 0 aliphatic carbocycles. The topological polar surface area (TPSA) is 102 Å². The number of thioether (sulfide) groups is 1. The number of carboxylic acid groups (broad SMARTS) is 2. The first-order valence-electron chi connectivity index (χ1n) is 21.3. The summed E-state index contributed by atoms with van der Waals surface area (Å²) in [6, 6.07) is 21.4. The number of benzene rings is 4. The predicted molar refractivity (Wildman–Crippen MR) is 252 cm³/mol. The Labute approximate surface area is 376 Å². The van der Waals surface area contributed by atoms with Crippen molar-refractivity contribution in [2.45, 2.75) is 110 Å². The quantitative estimate of drug-likeness (QED) is 0.0650. The molecule has 62 heavy (non-hydrogen) atoms. The lowest BCUT2D eigenvalue weighted by molar-refractivity contribution is -0.140. The molecular weight excluding hydrogens is 847 g/mol. The molecule has 12 heteroatoms. The van der Waals surface area contributed by atoms with Crippen LogP contribution in [0.25, 0.3) is 20.2 Å². The van der Waals surface area contributed by atoms with Crippen LogP contribution in [0.2, 0.25) is 0 Å². The Bertz CT molecular complexity index is 2340. The average molecular weight is 905 g/mol. The van der Waals surface area contributed by atoms with Gasteiger partial charge in [-0.15, -0.1) is 34.4 Å². The standard InChI is InChI=1S/C25H29FO4S.C25H29FO3S2/c1-4-5-6-18(25-17(3)21-14-19(26)7-10-23(21)31-25)11-12-29-20-8-9-22(16(2)13-20)30-15-24(27)28;1-4-5-6-18(25-17(3)21-9-7-19(26)14-23(21)31-25)11-12-30-20-8-10-22(16(2)13-20)29-15-24(27)28/h2*7-10,13-14,18H,4-6,11-12,15H2,1-3H3,(H,27,28). The van der Waals surface area contributed by atoms with Crippen LogP contribution >= 0.6 is 34.4 Å². The van der Waals surface area contributed by atoms with Crippen molar-refractivity contribution in [2.75, 3.05) is 25.6 Å². The lowest BCUT2D eigenvalue weighted by Gasteiger charge is -2.17. The van der Waals surface area contributed by atoms with Gasteiger partial charge in [-0.3, -0.25) is 0 Å². The summed E-state index contributed by atoms with van der Waals surface area (Å²) < 4.78 is 46.2. The summed E-state index contributed by atoms with van der Waals surface area (Å²) in [4.78, 5) is 25.3. The Morgan fingerprint density at radius 3 is 1.81 bits per heavy atom. The smallest absolute Gasteiger partial charge is 0.341 e. The normalized spacial score (nSPS) is 12.2. The van der Waals surface area contributed by atoms with Crippen LogP contribution in [-0.2, 0) is 9.59 Å². The van der Waals surface area contributed by atoms with Gasteiger partial charge in [-0.05, 0) is 171 Å². The minimum Gasteiger partial charge on any atom is -0.494 e. The molecule has 6 rings (SSSR count). The number of halogens is 2. The van der Waals surface area contributed by atoms with E-state index in [1.54, 1.807) is 53.0 Å². The van der Waals surface area contributed by atoms with Crippen molar-refractivity contribution in [3.63, 3.8) is 0 Å². The monoisotopic (exact) mass is 904 g/mol. The van der Waals surface area contributed by atoms with E-state index in [0.717, 1.165) is 80.8 Å². The van der Waals surface area contributed by atoms with Crippen LogP contribution in [0.4, 0.5) is 8.78 Å². The van der Waals surface area contributed by atoms with Crippen molar-refractivity contribution in [2.24, 2.45) is 0 Å². The summed E-state index contributed by atoms with van der Waals surface area (Å²) >= 11 is 5.32. The number of aryl methyl sites for hydroxylation is 4. The van der Waals surface area contributed by atoms with Gasteiger partial charge in [0.1, 0.15) is 28.9 Å². The molecule has 2 N–H and O–H groups in total. The van der Waals surface area contributed by atoms with E-state index in [0.29, 0.717) is 29.9 Å². The van der Waals surface area contributed by atoms with Crippen molar-refractivity contribution in [3.8, 4) is 17.2 Å². The minimum absolute atomic E-state index is 0.174. The van der Waals surface area contributed by atoms with Crippen LogP contribution in [-0.4, -0.2) is 47.7 Å². The average Bonchev–Trinajstić information content (AvgIpc) is 3.74. The molecule has 0 bridgehead atoms. The summed E-state index contributed by atoms with van der Waals surface area (Å²) in [7, 11) is 0. The highest BCUT2D eigenvalue weighted by molar-refractivity contribution is 7.99. The molecule has 6 aromatic rings. The summed E-state index contributed by atoms with van der Waals surface area (Å²) in [5.41, 5.74) is 4.25. The van der Waals surface area contributed by atoms with Crippen LogP contribution in [0.15, 0.2) is 77.7 Å². The van der Waals surface area contributed by atoms with Gasteiger partial charge >= 0.3 is 11.9 Å². The van der Waals surface area contributed by atoms with Crippen LogP contribution in [0, 0.1) is 39.3 Å². The minimum atomic E-state index is -1.00. The third kappa shape index (κ3) is 13.7. The summed E-state index contributed by atoms with van der Waals surface area (Å²) in [5, 5.41) is 19.7. The van der Waals surface area contributed by atoms with Crippen molar-refractivity contribution in [1.29, 1.82) is 0 Å². The number of aliphatic carboxylic acids is 2. The molecular formula is C50H58F2O7S3. The van der Waals surface area contributed by atoms with E-state index in [4.69, 9.17) is 24.4 Å². The highest BCUT2D eigenvalue weighted by Gasteiger charge is 2.21.